The van der Waals surface area contributed by atoms with E-state index in [1.807, 2.05) is 25.2 Å². The molecule has 0 aliphatic carbocycles. The summed E-state index contributed by atoms with van der Waals surface area (Å²) in [5.74, 6) is 0.138. The summed E-state index contributed by atoms with van der Waals surface area (Å²) < 4.78 is 0.972. The van der Waals surface area contributed by atoms with E-state index >= 15 is 0 Å². The van der Waals surface area contributed by atoms with Crippen molar-refractivity contribution in [2.75, 3.05) is 13.6 Å². The number of carbonyl (C=O) groups is 1. The Balaban J connectivity index is 2.50. The quantitative estimate of drug-likeness (QED) is 0.696. The number of fused-ring (bicyclic) bond motifs is 1. The minimum Gasteiger partial charge on any atom is -0.342 e. The van der Waals surface area contributed by atoms with Crippen LogP contribution in [-0.2, 0) is 6.42 Å². The average molecular weight is 254 g/mol. The van der Waals surface area contributed by atoms with Crippen LogP contribution >= 0.6 is 15.9 Å². The molecule has 74 valence electrons. The summed E-state index contributed by atoms with van der Waals surface area (Å²) in [6.45, 7) is 0.852. The van der Waals surface area contributed by atoms with Crippen LogP contribution in [0.2, 0.25) is 0 Å². The normalized spacial score (nSPS) is 16.4. The minimum absolute atomic E-state index is 0.138. The summed E-state index contributed by atoms with van der Waals surface area (Å²) in [5, 5.41) is 0. The lowest BCUT2D eigenvalue weighted by atomic mass is 10.0. The molecule has 0 fully saturated rings. The molecule has 2 nitrogen and oxygen atoms in total. The van der Waals surface area contributed by atoms with Gasteiger partial charge in [0, 0.05) is 23.6 Å². The molecule has 0 radical (unpaired) electrons. The van der Waals surface area contributed by atoms with E-state index in [1.54, 1.807) is 4.90 Å². The largest absolute Gasteiger partial charge is 0.342 e. The number of carbonyl (C=O) groups excluding carboxylic acids is 1. The second-order valence-corrected chi connectivity index (χ2v) is 4.55. The zero-order valence-corrected chi connectivity index (χ0v) is 9.67. The highest BCUT2D eigenvalue weighted by Gasteiger charge is 2.19. The van der Waals surface area contributed by atoms with E-state index in [2.05, 4.69) is 15.9 Å². The van der Waals surface area contributed by atoms with E-state index in [-0.39, 0.29) is 5.91 Å². The smallest absolute Gasteiger partial charge is 0.253 e. The van der Waals surface area contributed by atoms with Gasteiger partial charge in [-0.3, -0.25) is 4.79 Å². The fourth-order valence-electron chi connectivity index (χ4n) is 1.78. The molecule has 3 heteroatoms. The highest BCUT2D eigenvalue weighted by molar-refractivity contribution is 9.10. The molecule has 0 saturated carbocycles. The Bertz CT molecular complexity index is 376. The van der Waals surface area contributed by atoms with Crippen LogP contribution in [0.25, 0.3) is 0 Å². The minimum atomic E-state index is 0.138. The van der Waals surface area contributed by atoms with Crippen LogP contribution in [0.5, 0.6) is 0 Å². The Hall–Kier alpha value is -0.830. The van der Waals surface area contributed by atoms with Gasteiger partial charge in [-0.1, -0.05) is 22.0 Å². The first kappa shape index (κ1) is 9.71. The number of hydrogen-bond donors (Lipinski definition) is 0. The number of nitrogens with zero attached hydrogens (tertiary/aromatic N) is 1. The fourth-order valence-corrected chi connectivity index (χ4v) is 2.14. The van der Waals surface area contributed by atoms with Crippen molar-refractivity contribution in [1.29, 1.82) is 0 Å². The molecule has 0 atom stereocenters. The molecule has 1 aromatic carbocycles. The summed E-state index contributed by atoms with van der Waals surface area (Å²) in [6.07, 6.45) is 2.05. The summed E-state index contributed by atoms with van der Waals surface area (Å²) in [4.78, 5) is 13.7. The Morgan fingerprint density at radius 3 is 3.00 bits per heavy atom. The van der Waals surface area contributed by atoms with E-state index in [0.717, 1.165) is 29.4 Å². The lowest BCUT2D eigenvalue weighted by molar-refractivity contribution is 0.0800. The predicted octanol–water partition coefficient (Wildman–Crippen LogP) is 2.47. The van der Waals surface area contributed by atoms with Crippen LogP contribution in [0.15, 0.2) is 22.7 Å². The monoisotopic (exact) mass is 253 g/mol. The Kier molecular flexibility index (Phi) is 2.59. The summed E-state index contributed by atoms with van der Waals surface area (Å²) in [7, 11) is 1.86. The summed E-state index contributed by atoms with van der Waals surface area (Å²) >= 11 is 3.39. The molecule has 2 rings (SSSR count). The number of hydrogen-bond acceptors (Lipinski definition) is 1. The predicted molar refractivity (Wildman–Crippen MR) is 59.4 cm³/mol. The van der Waals surface area contributed by atoms with Gasteiger partial charge in [0.25, 0.3) is 5.91 Å². The van der Waals surface area contributed by atoms with Crippen LogP contribution < -0.4 is 0 Å². The first-order chi connectivity index (χ1) is 6.68. The maximum atomic E-state index is 11.9. The van der Waals surface area contributed by atoms with E-state index in [4.69, 9.17) is 0 Å². The molecule has 0 N–H and O–H groups in total. The molecular weight excluding hydrogens is 242 g/mol. The van der Waals surface area contributed by atoms with Crippen molar-refractivity contribution >= 4 is 21.8 Å². The Morgan fingerprint density at radius 2 is 2.21 bits per heavy atom. The number of aryl methyl sites for hydroxylation is 1. The van der Waals surface area contributed by atoms with Gasteiger partial charge in [0.2, 0.25) is 0 Å². The maximum Gasteiger partial charge on any atom is 0.253 e. The molecule has 0 saturated heterocycles. The molecule has 0 spiro atoms. The Labute approximate surface area is 92.0 Å². The number of rotatable bonds is 0. The molecule has 1 aliphatic heterocycles. The molecule has 1 aliphatic rings. The van der Waals surface area contributed by atoms with Crippen molar-refractivity contribution < 1.29 is 4.79 Å². The number of benzene rings is 1. The SMILES string of the molecule is CN1CCCc2ccc(Br)cc2C1=O. The molecule has 1 heterocycles. The van der Waals surface area contributed by atoms with Crippen LogP contribution in [0.3, 0.4) is 0 Å². The van der Waals surface area contributed by atoms with Crippen molar-refractivity contribution in [2.45, 2.75) is 12.8 Å². The molecule has 0 bridgehead atoms. The van der Waals surface area contributed by atoms with Gasteiger partial charge in [0.15, 0.2) is 0 Å². The molecular formula is C11H12BrNO. The van der Waals surface area contributed by atoms with Gasteiger partial charge in [-0.25, -0.2) is 0 Å². The zero-order chi connectivity index (χ0) is 10.1. The van der Waals surface area contributed by atoms with Gasteiger partial charge in [0.05, 0.1) is 0 Å². The third-order valence-corrected chi connectivity index (χ3v) is 3.08. The first-order valence-corrected chi connectivity index (χ1v) is 5.51. The van der Waals surface area contributed by atoms with Gasteiger partial charge in [-0.2, -0.15) is 0 Å². The van der Waals surface area contributed by atoms with E-state index in [0.29, 0.717) is 0 Å². The third kappa shape index (κ3) is 1.69. The van der Waals surface area contributed by atoms with Gasteiger partial charge in [0.1, 0.15) is 0 Å². The molecule has 1 amide bonds. The first-order valence-electron chi connectivity index (χ1n) is 4.72. The third-order valence-electron chi connectivity index (χ3n) is 2.59. The standard InChI is InChI=1S/C11H12BrNO/c1-13-6-2-3-8-4-5-9(12)7-10(8)11(13)14/h4-5,7H,2-3,6H2,1H3. The number of halogens is 1. The zero-order valence-electron chi connectivity index (χ0n) is 8.09. The molecule has 14 heavy (non-hydrogen) atoms. The van der Waals surface area contributed by atoms with Crippen molar-refractivity contribution in [3.63, 3.8) is 0 Å². The van der Waals surface area contributed by atoms with E-state index in [1.165, 1.54) is 5.56 Å². The molecule has 0 unspecified atom stereocenters. The topological polar surface area (TPSA) is 20.3 Å². The highest BCUT2D eigenvalue weighted by atomic mass is 79.9. The number of amides is 1. The lowest BCUT2D eigenvalue weighted by Crippen LogP contribution is -2.26. The van der Waals surface area contributed by atoms with Crippen LogP contribution in [0, 0.1) is 0 Å². The van der Waals surface area contributed by atoms with Crippen molar-refractivity contribution in [3.05, 3.63) is 33.8 Å². The van der Waals surface area contributed by atoms with Crippen LogP contribution in [-0.4, -0.2) is 24.4 Å². The Morgan fingerprint density at radius 1 is 1.43 bits per heavy atom. The van der Waals surface area contributed by atoms with Crippen LogP contribution in [0.1, 0.15) is 22.3 Å². The average Bonchev–Trinajstić information content (AvgIpc) is 2.30. The van der Waals surface area contributed by atoms with Gasteiger partial charge in [-0.05, 0) is 30.5 Å². The summed E-state index contributed by atoms with van der Waals surface area (Å²) in [5.41, 5.74) is 2.02. The van der Waals surface area contributed by atoms with Crippen molar-refractivity contribution in [1.82, 2.24) is 4.90 Å². The lowest BCUT2D eigenvalue weighted by Gasteiger charge is -2.13. The summed E-state index contributed by atoms with van der Waals surface area (Å²) in [6, 6.07) is 5.95. The molecule has 1 aromatic rings. The second-order valence-electron chi connectivity index (χ2n) is 3.63. The van der Waals surface area contributed by atoms with Gasteiger partial charge in [-0.15, -0.1) is 0 Å². The van der Waals surface area contributed by atoms with Crippen molar-refractivity contribution in [3.8, 4) is 0 Å². The second kappa shape index (κ2) is 3.73. The van der Waals surface area contributed by atoms with E-state index < -0.39 is 0 Å². The van der Waals surface area contributed by atoms with E-state index in [9.17, 15) is 4.79 Å². The maximum absolute atomic E-state index is 11.9. The fraction of sp³-hybridized carbons (Fsp3) is 0.364. The molecule has 0 aromatic heterocycles. The van der Waals surface area contributed by atoms with Crippen molar-refractivity contribution in [2.24, 2.45) is 0 Å². The van der Waals surface area contributed by atoms with Gasteiger partial charge < -0.3 is 4.90 Å². The highest BCUT2D eigenvalue weighted by Crippen LogP contribution is 2.21. The van der Waals surface area contributed by atoms with Gasteiger partial charge >= 0.3 is 0 Å². The van der Waals surface area contributed by atoms with Crippen LogP contribution in [0.4, 0.5) is 0 Å².